The second-order valence-corrected chi connectivity index (χ2v) is 7.15. The maximum Gasteiger partial charge on any atom is 0.256 e. The predicted octanol–water partition coefficient (Wildman–Crippen LogP) is 3.58. The van der Waals surface area contributed by atoms with Gasteiger partial charge in [0.2, 0.25) is 0 Å². The van der Waals surface area contributed by atoms with Gasteiger partial charge in [0.1, 0.15) is 17.8 Å². The molecule has 4 rings (SSSR count). The quantitative estimate of drug-likeness (QED) is 0.475. The van der Waals surface area contributed by atoms with Gasteiger partial charge in [-0.15, -0.1) is 10.2 Å². The van der Waals surface area contributed by atoms with Crippen molar-refractivity contribution in [3.63, 3.8) is 0 Å². The highest BCUT2D eigenvalue weighted by Crippen LogP contribution is 2.20. The smallest absolute Gasteiger partial charge is 0.256 e. The zero-order valence-electron chi connectivity index (χ0n) is 17.2. The Morgan fingerprint density at radius 1 is 1.13 bits per heavy atom. The first-order valence-electron chi connectivity index (χ1n) is 9.87. The van der Waals surface area contributed by atoms with E-state index >= 15 is 0 Å². The molecule has 31 heavy (non-hydrogen) atoms. The number of carbonyl (C=O) groups is 1. The number of hydrogen-bond donors (Lipinski definition) is 2. The molecule has 156 valence electrons. The average Bonchev–Trinajstić information content (AvgIpc) is 3.29. The van der Waals surface area contributed by atoms with Gasteiger partial charge in [-0.05, 0) is 44.2 Å². The van der Waals surface area contributed by atoms with Crippen LogP contribution < -0.4 is 10.6 Å². The molecule has 0 unspecified atom stereocenters. The van der Waals surface area contributed by atoms with Gasteiger partial charge in [0.25, 0.3) is 5.91 Å². The molecule has 0 saturated carbocycles. The summed E-state index contributed by atoms with van der Waals surface area (Å²) in [4.78, 5) is 25.6. The lowest BCUT2D eigenvalue weighted by atomic mass is 10.2. The van der Waals surface area contributed by atoms with Crippen molar-refractivity contribution in [1.29, 1.82) is 0 Å². The summed E-state index contributed by atoms with van der Waals surface area (Å²) in [7, 11) is 0. The second-order valence-electron chi connectivity index (χ2n) is 7.15. The van der Waals surface area contributed by atoms with Crippen molar-refractivity contribution in [2.45, 2.75) is 26.4 Å². The Hall–Kier alpha value is -4.14. The fraction of sp³-hybridized carbons (Fsp3) is 0.182. The summed E-state index contributed by atoms with van der Waals surface area (Å²) in [5.41, 5.74) is 2.78. The Morgan fingerprint density at radius 2 is 2.00 bits per heavy atom. The number of pyridine rings is 1. The molecule has 0 saturated heterocycles. The van der Waals surface area contributed by atoms with Crippen LogP contribution in [-0.2, 0) is 6.54 Å². The van der Waals surface area contributed by atoms with Crippen LogP contribution in [0.3, 0.4) is 0 Å². The molecule has 9 nitrogen and oxygen atoms in total. The molecule has 0 aliphatic rings. The first-order chi connectivity index (χ1) is 15.1. The van der Waals surface area contributed by atoms with Gasteiger partial charge in [-0.3, -0.25) is 14.8 Å². The number of amides is 1. The molecular weight excluding hydrogens is 392 g/mol. The zero-order chi connectivity index (χ0) is 21.6. The molecule has 3 aromatic heterocycles. The number of rotatable bonds is 7. The van der Waals surface area contributed by atoms with E-state index in [4.69, 9.17) is 0 Å². The van der Waals surface area contributed by atoms with E-state index in [1.54, 1.807) is 43.1 Å². The van der Waals surface area contributed by atoms with Crippen molar-refractivity contribution < 1.29 is 4.79 Å². The summed E-state index contributed by atoms with van der Waals surface area (Å²) < 4.78 is 1.93. The second kappa shape index (κ2) is 9.12. The number of hydrogen-bond acceptors (Lipinski definition) is 7. The van der Waals surface area contributed by atoms with Crippen molar-refractivity contribution in [3.8, 4) is 11.5 Å². The standard InChI is InChI=1S/C22H22N8O/c1-15(2)30-14-26-29-21(30)19-7-4-8-20(27-19)28-22(31)16-5-3-6-17(11-16)25-13-18-12-23-9-10-24-18/h3-12,14-15,25H,13H2,1-2H3,(H,27,28,31). The summed E-state index contributed by atoms with van der Waals surface area (Å²) in [5, 5.41) is 14.2. The minimum absolute atomic E-state index is 0.196. The number of anilines is 2. The third kappa shape index (κ3) is 4.89. The molecule has 0 bridgehead atoms. The highest BCUT2D eigenvalue weighted by Gasteiger charge is 2.13. The molecule has 0 aliphatic carbocycles. The van der Waals surface area contributed by atoms with Gasteiger partial charge in [0.05, 0.1) is 18.4 Å². The number of nitrogens with one attached hydrogen (secondary N) is 2. The fourth-order valence-electron chi connectivity index (χ4n) is 3.01. The van der Waals surface area contributed by atoms with Crippen molar-refractivity contribution in [2.24, 2.45) is 0 Å². The molecule has 3 heterocycles. The first-order valence-corrected chi connectivity index (χ1v) is 9.87. The minimum atomic E-state index is -0.252. The van der Waals surface area contributed by atoms with E-state index in [0.29, 0.717) is 29.4 Å². The van der Waals surface area contributed by atoms with Gasteiger partial charge >= 0.3 is 0 Å². The highest BCUT2D eigenvalue weighted by molar-refractivity contribution is 6.04. The fourth-order valence-corrected chi connectivity index (χ4v) is 3.01. The molecule has 0 spiro atoms. The lowest BCUT2D eigenvalue weighted by Gasteiger charge is -2.11. The van der Waals surface area contributed by atoms with Crippen LogP contribution in [0.4, 0.5) is 11.5 Å². The molecule has 0 fully saturated rings. The normalized spacial score (nSPS) is 10.8. The minimum Gasteiger partial charge on any atom is -0.379 e. The third-order valence-corrected chi connectivity index (χ3v) is 4.56. The Labute approximate surface area is 179 Å². The van der Waals surface area contributed by atoms with E-state index < -0.39 is 0 Å². The van der Waals surface area contributed by atoms with Crippen LogP contribution in [0.5, 0.6) is 0 Å². The van der Waals surface area contributed by atoms with Crippen molar-refractivity contribution in [2.75, 3.05) is 10.6 Å². The Morgan fingerprint density at radius 3 is 2.81 bits per heavy atom. The monoisotopic (exact) mass is 414 g/mol. The van der Waals surface area contributed by atoms with Crippen molar-refractivity contribution in [3.05, 3.63) is 78.6 Å². The Balaban J connectivity index is 1.47. The van der Waals surface area contributed by atoms with Crippen LogP contribution >= 0.6 is 0 Å². The topological polar surface area (TPSA) is 111 Å². The summed E-state index contributed by atoms with van der Waals surface area (Å²) in [6.07, 6.45) is 6.64. The van der Waals surface area contributed by atoms with Crippen molar-refractivity contribution in [1.82, 2.24) is 29.7 Å². The highest BCUT2D eigenvalue weighted by atomic mass is 16.1. The van der Waals surface area contributed by atoms with E-state index in [1.165, 1.54) is 0 Å². The average molecular weight is 414 g/mol. The van der Waals surface area contributed by atoms with Gasteiger partial charge in [0, 0.05) is 29.7 Å². The van der Waals surface area contributed by atoms with Crippen LogP contribution in [0.2, 0.25) is 0 Å². The molecule has 0 radical (unpaired) electrons. The summed E-state index contributed by atoms with van der Waals surface area (Å²) >= 11 is 0. The number of nitrogens with zero attached hydrogens (tertiary/aromatic N) is 6. The molecule has 0 atom stereocenters. The number of benzene rings is 1. The number of aromatic nitrogens is 6. The Kier molecular flexibility index (Phi) is 5.93. The van der Waals surface area contributed by atoms with Crippen molar-refractivity contribution >= 4 is 17.4 Å². The van der Waals surface area contributed by atoms with E-state index in [9.17, 15) is 4.79 Å². The van der Waals surface area contributed by atoms with Crippen LogP contribution in [0.15, 0.2) is 67.4 Å². The van der Waals surface area contributed by atoms with Crippen LogP contribution in [0.25, 0.3) is 11.5 Å². The lowest BCUT2D eigenvalue weighted by molar-refractivity contribution is 0.102. The third-order valence-electron chi connectivity index (χ3n) is 4.56. The molecule has 4 aromatic rings. The van der Waals surface area contributed by atoms with Gasteiger partial charge in [-0.1, -0.05) is 12.1 Å². The van der Waals surface area contributed by atoms with Gasteiger partial charge in [0.15, 0.2) is 5.82 Å². The van der Waals surface area contributed by atoms with Gasteiger partial charge in [-0.2, -0.15) is 0 Å². The molecule has 1 amide bonds. The molecule has 1 aromatic carbocycles. The van der Waals surface area contributed by atoms with E-state index in [2.05, 4.69) is 35.8 Å². The van der Waals surface area contributed by atoms with E-state index in [0.717, 1.165) is 11.4 Å². The maximum atomic E-state index is 12.8. The van der Waals surface area contributed by atoms with E-state index in [-0.39, 0.29) is 11.9 Å². The number of carbonyl (C=O) groups excluding carboxylic acids is 1. The molecule has 9 heteroatoms. The molecule has 2 N–H and O–H groups in total. The van der Waals surface area contributed by atoms with Crippen LogP contribution in [-0.4, -0.2) is 35.6 Å². The molecule has 0 aliphatic heterocycles. The summed E-state index contributed by atoms with van der Waals surface area (Å²) in [5.74, 6) is 0.846. The van der Waals surface area contributed by atoms with Gasteiger partial charge < -0.3 is 15.2 Å². The summed E-state index contributed by atoms with van der Waals surface area (Å²) in [6.45, 7) is 4.60. The summed E-state index contributed by atoms with van der Waals surface area (Å²) in [6, 6.07) is 12.9. The van der Waals surface area contributed by atoms with Gasteiger partial charge in [-0.25, -0.2) is 4.98 Å². The lowest BCUT2D eigenvalue weighted by Crippen LogP contribution is -2.14. The van der Waals surface area contributed by atoms with Crippen LogP contribution in [0, 0.1) is 0 Å². The SMILES string of the molecule is CC(C)n1cnnc1-c1cccc(NC(=O)c2cccc(NCc3cnccn3)c2)n1. The molecular formula is C22H22N8O. The predicted molar refractivity (Wildman–Crippen MR) is 117 cm³/mol. The Bertz CT molecular complexity index is 1170. The largest absolute Gasteiger partial charge is 0.379 e. The zero-order valence-corrected chi connectivity index (χ0v) is 17.2. The van der Waals surface area contributed by atoms with Crippen LogP contribution in [0.1, 0.15) is 35.9 Å². The van der Waals surface area contributed by atoms with E-state index in [1.807, 2.05) is 42.7 Å². The maximum absolute atomic E-state index is 12.8. The first kappa shape index (κ1) is 20.1.